The van der Waals surface area contributed by atoms with Gasteiger partial charge in [0.05, 0.1) is 5.71 Å². The van der Waals surface area contributed by atoms with Crippen molar-refractivity contribution >= 4 is 11.4 Å². The van der Waals surface area contributed by atoms with E-state index < -0.39 is 0 Å². The number of para-hydroxylation sites is 1. The van der Waals surface area contributed by atoms with Crippen molar-refractivity contribution < 1.29 is 0 Å². The van der Waals surface area contributed by atoms with E-state index in [1.807, 2.05) is 24.3 Å². The number of benzene rings is 2. The highest BCUT2D eigenvalue weighted by atomic mass is 15.1. The largest absolute Gasteiger partial charge is 0.363 e. The molecule has 17 heavy (non-hydrogen) atoms. The van der Waals surface area contributed by atoms with Crippen molar-refractivity contribution in [2.45, 2.75) is 13.1 Å². The Hall–Kier alpha value is -2.09. The Labute approximate surface area is 101 Å². The SMILES string of the molecule is CC1N=C(c2ccccc2)c2ccccc2N1. The van der Waals surface area contributed by atoms with Crippen molar-refractivity contribution in [3.63, 3.8) is 0 Å². The van der Waals surface area contributed by atoms with E-state index in [4.69, 9.17) is 4.99 Å². The molecule has 0 aliphatic carbocycles. The maximum atomic E-state index is 4.70. The Balaban J connectivity index is 2.16. The Morgan fingerprint density at radius 2 is 1.65 bits per heavy atom. The predicted molar refractivity (Wildman–Crippen MR) is 71.6 cm³/mol. The standard InChI is InChI=1S/C15H14N2/c1-11-16-14-10-6-5-9-13(14)15(17-11)12-7-3-2-4-8-12/h2-11,16H,1H3. The van der Waals surface area contributed by atoms with Gasteiger partial charge in [0.25, 0.3) is 0 Å². The van der Waals surface area contributed by atoms with Crippen LogP contribution >= 0.6 is 0 Å². The van der Waals surface area contributed by atoms with E-state index in [1.54, 1.807) is 0 Å². The zero-order valence-electron chi connectivity index (χ0n) is 9.72. The van der Waals surface area contributed by atoms with Crippen LogP contribution in [0.4, 0.5) is 5.69 Å². The molecule has 0 saturated heterocycles. The van der Waals surface area contributed by atoms with Crippen molar-refractivity contribution in [1.29, 1.82) is 0 Å². The van der Waals surface area contributed by atoms with Crippen LogP contribution in [0, 0.1) is 0 Å². The maximum absolute atomic E-state index is 4.70. The van der Waals surface area contributed by atoms with Gasteiger partial charge < -0.3 is 5.32 Å². The second-order valence-corrected chi connectivity index (χ2v) is 4.21. The van der Waals surface area contributed by atoms with Gasteiger partial charge >= 0.3 is 0 Å². The van der Waals surface area contributed by atoms with Gasteiger partial charge in [-0.1, -0.05) is 48.5 Å². The molecule has 1 N–H and O–H groups in total. The number of fused-ring (bicyclic) bond motifs is 1. The second kappa shape index (κ2) is 4.06. The highest BCUT2D eigenvalue weighted by molar-refractivity contribution is 6.16. The van der Waals surface area contributed by atoms with Crippen molar-refractivity contribution in [2.75, 3.05) is 5.32 Å². The van der Waals surface area contributed by atoms with Crippen LogP contribution in [0.2, 0.25) is 0 Å². The molecular weight excluding hydrogens is 208 g/mol. The summed E-state index contributed by atoms with van der Waals surface area (Å²) >= 11 is 0. The van der Waals surface area contributed by atoms with Gasteiger partial charge in [-0.05, 0) is 13.0 Å². The number of aliphatic imine (C=N–C) groups is 1. The van der Waals surface area contributed by atoms with Crippen LogP contribution in [0.5, 0.6) is 0 Å². The summed E-state index contributed by atoms with van der Waals surface area (Å²) in [6.07, 6.45) is 0.125. The Bertz CT molecular complexity index is 558. The van der Waals surface area contributed by atoms with Crippen LogP contribution in [-0.2, 0) is 0 Å². The second-order valence-electron chi connectivity index (χ2n) is 4.21. The first-order valence-corrected chi connectivity index (χ1v) is 5.84. The van der Waals surface area contributed by atoms with E-state index >= 15 is 0 Å². The fourth-order valence-electron chi connectivity index (χ4n) is 2.16. The van der Waals surface area contributed by atoms with Crippen LogP contribution in [-0.4, -0.2) is 11.9 Å². The summed E-state index contributed by atoms with van der Waals surface area (Å²) in [4.78, 5) is 4.70. The van der Waals surface area contributed by atoms with Crippen molar-refractivity contribution in [1.82, 2.24) is 0 Å². The number of anilines is 1. The van der Waals surface area contributed by atoms with Gasteiger partial charge in [-0.3, -0.25) is 4.99 Å². The van der Waals surface area contributed by atoms with Gasteiger partial charge in [-0.15, -0.1) is 0 Å². The number of nitrogens with zero attached hydrogens (tertiary/aromatic N) is 1. The third-order valence-electron chi connectivity index (χ3n) is 2.92. The zero-order valence-corrected chi connectivity index (χ0v) is 9.72. The average Bonchev–Trinajstić information content (AvgIpc) is 2.39. The van der Waals surface area contributed by atoms with E-state index in [1.165, 1.54) is 11.1 Å². The van der Waals surface area contributed by atoms with E-state index in [9.17, 15) is 0 Å². The Morgan fingerprint density at radius 3 is 2.47 bits per heavy atom. The van der Waals surface area contributed by atoms with Gasteiger partial charge in [0.1, 0.15) is 6.17 Å². The Morgan fingerprint density at radius 1 is 0.941 bits per heavy atom. The average molecular weight is 222 g/mol. The number of hydrogen-bond acceptors (Lipinski definition) is 2. The molecule has 3 rings (SSSR count). The van der Waals surface area contributed by atoms with Gasteiger partial charge in [0.15, 0.2) is 0 Å². The van der Waals surface area contributed by atoms with E-state index in [2.05, 4.69) is 42.6 Å². The molecule has 0 radical (unpaired) electrons. The summed E-state index contributed by atoms with van der Waals surface area (Å²) in [7, 11) is 0. The first-order valence-electron chi connectivity index (χ1n) is 5.84. The molecule has 1 aliphatic heterocycles. The van der Waals surface area contributed by atoms with E-state index in [-0.39, 0.29) is 6.17 Å². The first-order chi connectivity index (χ1) is 8.34. The molecule has 0 saturated carbocycles. The van der Waals surface area contributed by atoms with Crippen LogP contribution in [0.15, 0.2) is 59.6 Å². The third-order valence-corrected chi connectivity index (χ3v) is 2.92. The molecule has 1 heterocycles. The molecule has 1 unspecified atom stereocenters. The van der Waals surface area contributed by atoms with Gasteiger partial charge in [-0.25, -0.2) is 0 Å². The summed E-state index contributed by atoms with van der Waals surface area (Å²) in [6.45, 7) is 2.07. The molecule has 0 bridgehead atoms. The molecule has 0 aromatic heterocycles. The van der Waals surface area contributed by atoms with Crippen LogP contribution in [0.3, 0.4) is 0 Å². The van der Waals surface area contributed by atoms with Crippen LogP contribution in [0.1, 0.15) is 18.1 Å². The number of rotatable bonds is 1. The fraction of sp³-hybridized carbons (Fsp3) is 0.133. The molecule has 2 heteroatoms. The molecule has 0 spiro atoms. The molecule has 84 valence electrons. The predicted octanol–water partition coefficient (Wildman–Crippen LogP) is 3.30. The summed E-state index contributed by atoms with van der Waals surface area (Å²) < 4.78 is 0. The van der Waals surface area contributed by atoms with E-state index in [0.717, 1.165) is 11.4 Å². The first kappa shape index (κ1) is 10.1. The molecule has 0 fully saturated rings. The summed E-state index contributed by atoms with van der Waals surface area (Å²) in [5.41, 5.74) is 4.59. The molecular formula is C15H14N2. The minimum Gasteiger partial charge on any atom is -0.363 e. The lowest BCUT2D eigenvalue weighted by atomic mass is 9.99. The van der Waals surface area contributed by atoms with Gasteiger partial charge in [0.2, 0.25) is 0 Å². The van der Waals surface area contributed by atoms with Crippen molar-refractivity contribution in [3.05, 3.63) is 65.7 Å². The number of hydrogen-bond donors (Lipinski definition) is 1. The number of nitrogens with one attached hydrogen (secondary N) is 1. The molecule has 0 amide bonds. The molecule has 1 atom stereocenters. The summed E-state index contributed by atoms with van der Waals surface area (Å²) in [6, 6.07) is 18.6. The third kappa shape index (κ3) is 1.82. The maximum Gasteiger partial charge on any atom is 0.116 e. The van der Waals surface area contributed by atoms with Crippen LogP contribution in [0.25, 0.3) is 0 Å². The fourth-order valence-corrected chi connectivity index (χ4v) is 2.16. The zero-order chi connectivity index (χ0) is 11.7. The smallest absolute Gasteiger partial charge is 0.116 e. The Kier molecular flexibility index (Phi) is 2.41. The topological polar surface area (TPSA) is 24.4 Å². The highest BCUT2D eigenvalue weighted by Crippen LogP contribution is 2.25. The lowest BCUT2D eigenvalue weighted by Crippen LogP contribution is -2.23. The summed E-state index contributed by atoms with van der Waals surface area (Å²) in [5, 5.41) is 3.37. The van der Waals surface area contributed by atoms with E-state index in [0.29, 0.717) is 0 Å². The lowest BCUT2D eigenvalue weighted by Gasteiger charge is -2.23. The van der Waals surface area contributed by atoms with Gasteiger partial charge in [-0.2, -0.15) is 0 Å². The molecule has 2 aromatic rings. The van der Waals surface area contributed by atoms with Crippen molar-refractivity contribution in [2.24, 2.45) is 4.99 Å². The van der Waals surface area contributed by atoms with Crippen LogP contribution < -0.4 is 5.32 Å². The van der Waals surface area contributed by atoms with Crippen molar-refractivity contribution in [3.8, 4) is 0 Å². The molecule has 2 aromatic carbocycles. The normalized spacial score (nSPS) is 17.9. The quantitative estimate of drug-likeness (QED) is 0.786. The molecule has 1 aliphatic rings. The minimum atomic E-state index is 0.125. The minimum absolute atomic E-state index is 0.125. The highest BCUT2D eigenvalue weighted by Gasteiger charge is 2.17. The van der Waals surface area contributed by atoms with Gasteiger partial charge in [0, 0.05) is 16.8 Å². The monoisotopic (exact) mass is 222 g/mol. The molecule has 2 nitrogen and oxygen atoms in total. The lowest BCUT2D eigenvalue weighted by molar-refractivity contribution is 0.843. The summed E-state index contributed by atoms with van der Waals surface area (Å²) in [5.74, 6) is 0.